The highest BCUT2D eigenvalue weighted by Gasteiger charge is 2.13. The van der Waals surface area contributed by atoms with Crippen LogP contribution < -0.4 is 12.3 Å². The molecule has 0 aromatic carbocycles. The molecule has 1 aliphatic rings. The van der Waals surface area contributed by atoms with Gasteiger partial charge in [-0.05, 0) is 6.92 Å². The third kappa shape index (κ3) is 3.88. The standard InChI is InChI=1S/C3H6O.2H3N/c1-3-2-4-3;;/h3H,2H2,1H3;2*1H3. The first-order valence-corrected chi connectivity index (χ1v) is 1.51. The summed E-state index contributed by atoms with van der Waals surface area (Å²) in [6, 6.07) is 0. The predicted octanol–water partition coefficient (Wildman–Crippen LogP) is 0.729. The summed E-state index contributed by atoms with van der Waals surface area (Å²) in [5.74, 6) is 0. The Balaban J connectivity index is 0. The van der Waals surface area contributed by atoms with Crippen LogP contribution in [-0.2, 0) is 4.74 Å². The van der Waals surface area contributed by atoms with Gasteiger partial charge in [0, 0.05) is 0 Å². The maximum atomic E-state index is 4.71. The molecule has 1 rings (SSSR count). The van der Waals surface area contributed by atoms with Crippen LogP contribution in [-0.4, -0.2) is 12.7 Å². The molecule has 0 spiro atoms. The van der Waals surface area contributed by atoms with Gasteiger partial charge in [0.25, 0.3) is 0 Å². The maximum absolute atomic E-state index is 4.71. The van der Waals surface area contributed by atoms with E-state index in [0.717, 1.165) is 6.61 Å². The van der Waals surface area contributed by atoms with Crippen molar-refractivity contribution in [3.63, 3.8) is 0 Å². The summed E-state index contributed by atoms with van der Waals surface area (Å²) in [5, 5.41) is 0. The number of ether oxygens (including phenoxy) is 1. The molecule has 0 aromatic heterocycles. The summed E-state index contributed by atoms with van der Waals surface area (Å²) in [7, 11) is 0. The van der Waals surface area contributed by atoms with Crippen molar-refractivity contribution in [1.82, 2.24) is 12.3 Å². The Bertz CT molecular complexity index is 28.0. The molecule has 1 unspecified atom stereocenters. The van der Waals surface area contributed by atoms with Gasteiger partial charge in [-0.3, -0.25) is 0 Å². The van der Waals surface area contributed by atoms with E-state index >= 15 is 0 Å². The largest absolute Gasteiger partial charge is 0.373 e. The second-order valence-electron chi connectivity index (χ2n) is 1.14. The zero-order chi connectivity index (χ0) is 2.99. The highest BCUT2D eigenvalue weighted by molar-refractivity contribution is 4.58. The molecule has 0 amide bonds. The summed E-state index contributed by atoms with van der Waals surface area (Å²) in [6.45, 7) is 3.04. The van der Waals surface area contributed by atoms with Gasteiger partial charge in [-0.15, -0.1) is 0 Å². The van der Waals surface area contributed by atoms with Crippen molar-refractivity contribution in [3.8, 4) is 0 Å². The molecule has 6 heavy (non-hydrogen) atoms. The molecular formula is C3H12N2O. The highest BCUT2D eigenvalue weighted by atomic mass is 16.6. The van der Waals surface area contributed by atoms with Gasteiger partial charge in [0.1, 0.15) is 0 Å². The molecule has 1 saturated heterocycles. The smallest absolute Gasteiger partial charge is 0.0781 e. The normalized spacial score (nSPS) is 26.5. The second kappa shape index (κ2) is 3.08. The van der Waals surface area contributed by atoms with Gasteiger partial charge in [-0.25, -0.2) is 0 Å². The third-order valence-electron chi connectivity index (χ3n) is 0.500. The van der Waals surface area contributed by atoms with E-state index in [1.807, 2.05) is 0 Å². The predicted molar refractivity (Wildman–Crippen MR) is 25.5 cm³/mol. The van der Waals surface area contributed by atoms with Crippen LogP contribution in [0.1, 0.15) is 6.92 Å². The average Bonchev–Trinajstić information content (AvgIpc) is 1.75. The van der Waals surface area contributed by atoms with E-state index in [-0.39, 0.29) is 12.3 Å². The monoisotopic (exact) mass is 92.1 g/mol. The first-order chi connectivity index (χ1) is 1.89. The number of rotatable bonds is 0. The summed E-state index contributed by atoms with van der Waals surface area (Å²) >= 11 is 0. The van der Waals surface area contributed by atoms with E-state index < -0.39 is 0 Å². The quantitative estimate of drug-likeness (QED) is 0.432. The molecule has 3 nitrogen and oxygen atoms in total. The Kier molecular flexibility index (Phi) is 4.78. The van der Waals surface area contributed by atoms with E-state index in [1.54, 1.807) is 0 Å². The molecule has 6 N–H and O–H groups in total. The fourth-order valence-electron chi connectivity index (χ4n) is 0.0962. The summed E-state index contributed by atoms with van der Waals surface area (Å²) in [6.07, 6.45) is 0.583. The second-order valence-corrected chi connectivity index (χ2v) is 1.14. The van der Waals surface area contributed by atoms with E-state index in [1.165, 1.54) is 0 Å². The van der Waals surface area contributed by atoms with Crippen LogP contribution in [0.3, 0.4) is 0 Å². The van der Waals surface area contributed by atoms with Crippen LogP contribution in [0.15, 0.2) is 0 Å². The molecular weight excluding hydrogens is 80.0 g/mol. The highest BCUT2D eigenvalue weighted by Crippen LogP contribution is 2.04. The third-order valence-corrected chi connectivity index (χ3v) is 0.500. The van der Waals surface area contributed by atoms with Crippen molar-refractivity contribution in [2.24, 2.45) is 0 Å². The zero-order valence-electron chi connectivity index (χ0n) is 4.11. The van der Waals surface area contributed by atoms with Crippen molar-refractivity contribution < 1.29 is 4.74 Å². The molecule has 0 radical (unpaired) electrons. The summed E-state index contributed by atoms with van der Waals surface area (Å²) < 4.78 is 4.71. The Hall–Kier alpha value is -0.120. The van der Waals surface area contributed by atoms with E-state index in [9.17, 15) is 0 Å². The van der Waals surface area contributed by atoms with Gasteiger partial charge < -0.3 is 17.0 Å². The van der Waals surface area contributed by atoms with Crippen molar-refractivity contribution in [2.75, 3.05) is 6.61 Å². The lowest BCUT2D eigenvalue weighted by Crippen LogP contribution is -1.60. The number of epoxide rings is 1. The van der Waals surface area contributed by atoms with Gasteiger partial charge in [0.05, 0.1) is 12.7 Å². The molecule has 3 heteroatoms. The minimum absolute atomic E-state index is 0. The Morgan fingerprint density at radius 3 is 1.67 bits per heavy atom. The lowest BCUT2D eigenvalue weighted by molar-refractivity contribution is 0.423. The van der Waals surface area contributed by atoms with E-state index in [4.69, 9.17) is 4.74 Å². The SMILES string of the molecule is CC1CO1.N.N. The first-order valence-electron chi connectivity index (χ1n) is 1.51. The Labute approximate surface area is 37.8 Å². The van der Waals surface area contributed by atoms with Crippen molar-refractivity contribution in [2.45, 2.75) is 13.0 Å². The molecule has 40 valence electrons. The van der Waals surface area contributed by atoms with Crippen LogP contribution >= 0.6 is 0 Å². The lowest BCUT2D eigenvalue weighted by Gasteiger charge is -1.50. The average molecular weight is 92.1 g/mol. The fourth-order valence-corrected chi connectivity index (χ4v) is 0.0962. The van der Waals surface area contributed by atoms with E-state index in [0.29, 0.717) is 6.10 Å². The van der Waals surface area contributed by atoms with Crippen molar-refractivity contribution >= 4 is 0 Å². The first kappa shape index (κ1) is 9.30. The molecule has 1 atom stereocenters. The van der Waals surface area contributed by atoms with E-state index in [2.05, 4.69) is 6.92 Å². The van der Waals surface area contributed by atoms with Gasteiger partial charge in [0.2, 0.25) is 0 Å². The topological polar surface area (TPSA) is 82.5 Å². The van der Waals surface area contributed by atoms with Crippen LogP contribution in [0.4, 0.5) is 0 Å². The number of hydrogen-bond donors (Lipinski definition) is 2. The summed E-state index contributed by atoms with van der Waals surface area (Å²) in [5.41, 5.74) is 0. The van der Waals surface area contributed by atoms with Gasteiger partial charge >= 0.3 is 0 Å². The van der Waals surface area contributed by atoms with Gasteiger partial charge in [-0.1, -0.05) is 0 Å². The lowest BCUT2D eigenvalue weighted by atomic mass is 10.6. The van der Waals surface area contributed by atoms with Crippen LogP contribution in [0.25, 0.3) is 0 Å². The molecule has 0 aliphatic carbocycles. The molecule has 0 saturated carbocycles. The van der Waals surface area contributed by atoms with Crippen LogP contribution in [0, 0.1) is 0 Å². The van der Waals surface area contributed by atoms with Gasteiger partial charge in [-0.2, -0.15) is 0 Å². The summed E-state index contributed by atoms with van der Waals surface area (Å²) in [4.78, 5) is 0. The van der Waals surface area contributed by atoms with Gasteiger partial charge in [0.15, 0.2) is 0 Å². The molecule has 0 aromatic rings. The van der Waals surface area contributed by atoms with Crippen molar-refractivity contribution in [1.29, 1.82) is 0 Å². The van der Waals surface area contributed by atoms with Crippen molar-refractivity contribution in [3.05, 3.63) is 0 Å². The Morgan fingerprint density at radius 2 is 1.67 bits per heavy atom. The molecule has 1 heterocycles. The molecule has 1 aliphatic heterocycles. The minimum atomic E-state index is 0. The van der Waals surface area contributed by atoms with Crippen LogP contribution in [0.2, 0.25) is 0 Å². The maximum Gasteiger partial charge on any atom is 0.0781 e. The molecule has 1 fully saturated rings. The Morgan fingerprint density at radius 1 is 1.50 bits per heavy atom. The minimum Gasteiger partial charge on any atom is -0.373 e. The fraction of sp³-hybridized carbons (Fsp3) is 1.00. The van der Waals surface area contributed by atoms with Crippen LogP contribution in [0.5, 0.6) is 0 Å². The zero-order valence-corrected chi connectivity index (χ0v) is 4.11. The number of hydrogen-bond acceptors (Lipinski definition) is 3. The molecule has 0 bridgehead atoms.